The molecule has 0 aliphatic carbocycles. The van der Waals surface area contributed by atoms with Crippen LogP contribution in [0.2, 0.25) is 0 Å². The number of nitriles is 1. The summed E-state index contributed by atoms with van der Waals surface area (Å²) in [6, 6.07) is 6.03. The van der Waals surface area contributed by atoms with E-state index in [0.29, 0.717) is 31.7 Å². The second-order valence-corrected chi connectivity index (χ2v) is 4.34. The molecule has 0 heterocycles. The fraction of sp³-hybridized carbons (Fsp3) is 0.429. The van der Waals surface area contributed by atoms with E-state index in [0.717, 1.165) is 0 Å². The summed E-state index contributed by atoms with van der Waals surface area (Å²) in [4.78, 5) is 23.7. The Morgan fingerprint density at radius 3 is 2.62 bits per heavy atom. The largest absolute Gasteiger partial charge is 0.384 e. The van der Waals surface area contributed by atoms with Crippen LogP contribution in [0.3, 0.4) is 0 Å². The second kappa shape index (κ2) is 7.85. The van der Waals surface area contributed by atoms with Gasteiger partial charge in [0, 0.05) is 37.8 Å². The number of carbonyl (C=O) groups is 1. The van der Waals surface area contributed by atoms with Crippen molar-refractivity contribution in [2.45, 2.75) is 20.3 Å². The Balaban J connectivity index is 2.63. The van der Waals surface area contributed by atoms with Crippen molar-refractivity contribution in [3.8, 4) is 6.07 Å². The third-order valence-corrected chi connectivity index (χ3v) is 3.10. The summed E-state index contributed by atoms with van der Waals surface area (Å²) in [6.45, 7) is 5.60. The van der Waals surface area contributed by atoms with Gasteiger partial charge in [-0.25, -0.2) is 0 Å². The molecule has 0 aliphatic heterocycles. The number of anilines is 1. The maximum atomic E-state index is 11.8. The lowest BCUT2D eigenvalue weighted by molar-refractivity contribution is -0.385. The van der Waals surface area contributed by atoms with Crippen LogP contribution in [0.25, 0.3) is 0 Å². The van der Waals surface area contributed by atoms with Gasteiger partial charge in [-0.2, -0.15) is 5.26 Å². The third kappa shape index (κ3) is 4.45. The molecule has 0 saturated carbocycles. The Kier molecular flexibility index (Phi) is 6.14. The molecule has 1 aromatic carbocycles. The third-order valence-electron chi connectivity index (χ3n) is 3.10. The van der Waals surface area contributed by atoms with Crippen molar-refractivity contribution in [3.63, 3.8) is 0 Å². The summed E-state index contributed by atoms with van der Waals surface area (Å²) in [5.41, 5.74) is 0.367. The van der Waals surface area contributed by atoms with E-state index >= 15 is 0 Å². The molecular formula is C14H18N4O3. The number of nitro benzene ring substituents is 1. The molecule has 1 N–H and O–H groups in total. The monoisotopic (exact) mass is 290 g/mol. The van der Waals surface area contributed by atoms with Gasteiger partial charge in [0.1, 0.15) is 11.6 Å². The molecule has 7 heteroatoms. The van der Waals surface area contributed by atoms with Crippen molar-refractivity contribution < 1.29 is 9.72 Å². The number of benzene rings is 1. The zero-order chi connectivity index (χ0) is 15.8. The van der Waals surface area contributed by atoms with Gasteiger partial charge >= 0.3 is 0 Å². The van der Waals surface area contributed by atoms with Crippen LogP contribution in [0, 0.1) is 21.4 Å². The fourth-order valence-electron chi connectivity index (χ4n) is 1.94. The van der Waals surface area contributed by atoms with Crippen LogP contribution < -0.4 is 5.32 Å². The van der Waals surface area contributed by atoms with E-state index in [1.54, 1.807) is 11.0 Å². The lowest BCUT2D eigenvalue weighted by Gasteiger charge is -2.18. The highest BCUT2D eigenvalue weighted by molar-refractivity contribution is 5.76. The summed E-state index contributed by atoms with van der Waals surface area (Å²) < 4.78 is 0. The SMILES string of the molecule is CCN(CC)C(=O)CCNc1ccc([N+](=O)[O-])c(C#N)c1. The highest BCUT2D eigenvalue weighted by atomic mass is 16.6. The molecule has 1 amide bonds. The molecule has 7 nitrogen and oxygen atoms in total. The van der Waals surface area contributed by atoms with Crippen LogP contribution >= 0.6 is 0 Å². The predicted octanol–water partition coefficient (Wildman–Crippen LogP) is 2.14. The topological polar surface area (TPSA) is 99.3 Å². The molecule has 0 spiro atoms. The van der Waals surface area contributed by atoms with Gasteiger partial charge < -0.3 is 10.2 Å². The molecular weight excluding hydrogens is 272 g/mol. The smallest absolute Gasteiger partial charge is 0.287 e. The first-order valence-corrected chi connectivity index (χ1v) is 6.73. The van der Waals surface area contributed by atoms with Gasteiger partial charge in [0.05, 0.1) is 4.92 Å². The zero-order valence-corrected chi connectivity index (χ0v) is 12.1. The average Bonchev–Trinajstić information content (AvgIpc) is 2.48. The first kappa shape index (κ1) is 16.4. The summed E-state index contributed by atoms with van der Waals surface area (Å²) in [6.07, 6.45) is 0.334. The lowest BCUT2D eigenvalue weighted by atomic mass is 10.1. The van der Waals surface area contributed by atoms with Crippen LogP contribution in [-0.2, 0) is 4.79 Å². The zero-order valence-electron chi connectivity index (χ0n) is 12.1. The molecule has 0 aliphatic rings. The molecule has 0 aromatic heterocycles. The van der Waals surface area contributed by atoms with Crippen LogP contribution in [0.1, 0.15) is 25.8 Å². The molecule has 0 fully saturated rings. The number of nitrogens with one attached hydrogen (secondary N) is 1. The van der Waals surface area contributed by atoms with E-state index in [1.165, 1.54) is 18.2 Å². The Hall–Kier alpha value is -2.62. The van der Waals surface area contributed by atoms with Gasteiger partial charge in [-0.1, -0.05) is 0 Å². The molecule has 0 atom stereocenters. The molecule has 0 saturated heterocycles. The predicted molar refractivity (Wildman–Crippen MR) is 78.8 cm³/mol. The van der Waals surface area contributed by atoms with Crippen LogP contribution in [0.4, 0.5) is 11.4 Å². The highest BCUT2D eigenvalue weighted by Crippen LogP contribution is 2.21. The Morgan fingerprint density at radius 2 is 2.10 bits per heavy atom. The summed E-state index contributed by atoms with van der Waals surface area (Å²) in [5, 5.41) is 22.6. The van der Waals surface area contributed by atoms with Crippen molar-refractivity contribution in [2.75, 3.05) is 25.0 Å². The molecule has 1 aromatic rings. The van der Waals surface area contributed by atoms with Crippen LogP contribution in [0.5, 0.6) is 0 Å². The van der Waals surface area contributed by atoms with E-state index in [-0.39, 0.29) is 17.2 Å². The van der Waals surface area contributed by atoms with E-state index in [4.69, 9.17) is 5.26 Å². The van der Waals surface area contributed by atoms with Crippen LogP contribution in [-0.4, -0.2) is 35.4 Å². The molecule has 112 valence electrons. The minimum Gasteiger partial charge on any atom is -0.384 e. The van der Waals surface area contributed by atoms with Crippen molar-refractivity contribution in [3.05, 3.63) is 33.9 Å². The number of rotatable bonds is 7. The van der Waals surface area contributed by atoms with Crippen molar-refractivity contribution in [2.24, 2.45) is 0 Å². The first-order valence-electron chi connectivity index (χ1n) is 6.73. The number of nitro groups is 1. The normalized spacial score (nSPS) is 9.76. The Labute approximate surface area is 123 Å². The fourth-order valence-corrected chi connectivity index (χ4v) is 1.94. The summed E-state index contributed by atoms with van der Waals surface area (Å²) in [5.74, 6) is 0.0509. The van der Waals surface area contributed by atoms with E-state index < -0.39 is 4.92 Å². The molecule has 0 radical (unpaired) electrons. The average molecular weight is 290 g/mol. The number of hydrogen-bond acceptors (Lipinski definition) is 5. The molecule has 0 unspecified atom stereocenters. The number of nitrogens with zero attached hydrogens (tertiary/aromatic N) is 3. The number of carbonyl (C=O) groups excluding carboxylic acids is 1. The second-order valence-electron chi connectivity index (χ2n) is 4.34. The number of amides is 1. The first-order chi connectivity index (χ1) is 10.0. The Morgan fingerprint density at radius 1 is 1.43 bits per heavy atom. The van der Waals surface area contributed by atoms with Gasteiger partial charge in [-0.05, 0) is 26.0 Å². The van der Waals surface area contributed by atoms with Crippen LogP contribution in [0.15, 0.2) is 18.2 Å². The van der Waals surface area contributed by atoms with E-state index in [2.05, 4.69) is 5.32 Å². The van der Waals surface area contributed by atoms with Crippen molar-refractivity contribution in [1.82, 2.24) is 4.90 Å². The summed E-state index contributed by atoms with van der Waals surface area (Å²) >= 11 is 0. The van der Waals surface area contributed by atoms with Gasteiger partial charge in [-0.3, -0.25) is 14.9 Å². The maximum absolute atomic E-state index is 11.8. The molecule has 0 bridgehead atoms. The van der Waals surface area contributed by atoms with Crippen molar-refractivity contribution >= 4 is 17.3 Å². The lowest BCUT2D eigenvalue weighted by Crippen LogP contribution is -2.31. The van der Waals surface area contributed by atoms with Gasteiger partial charge in [0.15, 0.2) is 0 Å². The summed E-state index contributed by atoms with van der Waals surface area (Å²) in [7, 11) is 0. The minimum absolute atomic E-state index is 0.0000643. The Bertz CT molecular complexity index is 562. The minimum atomic E-state index is -0.591. The van der Waals surface area contributed by atoms with Gasteiger partial charge in [0.2, 0.25) is 5.91 Å². The van der Waals surface area contributed by atoms with Gasteiger partial charge in [0.25, 0.3) is 5.69 Å². The molecule has 21 heavy (non-hydrogen) atoms. The van der Waals surface area contributed by atoms with Gasteiger partial charge in [-0.15, -0.1) is 0 Å². The van der Waals surface area contributed by atoms with Crippen molar-refractivity contribution in [1.29, 1.82) is 5.26 Å². The quantitative estimate of drug-likeness (QED) is 0.612. The van der Waals surface area contributed by atoms with E-state index in [9.17, 15) is 14.9 Å². The molecule has 1 rings (SSSR count). The highest BCUT2D eigenvalue weighted by Gasteiger charge is 2.14. The number of hydrogen-bond donors (Lipinski definition) is 1. The standard InChI is InChI=1S/C14H18N4O3/c1-3-17(4-2)14(19)7-8-16-12-5-6-13(18(20)21)11(9-12)10-15/h5-6,9,16H,3-4,7-8H2,1-2H3. The maximum Gasteiger partial charge on any atom is 0.287 e. The van der Waals surface area contributed by atoms with E-state index in [1.807, 2.05) is 13.8 Å².